The maximum Gasteiger partial charge on any atom is 0.208 e. The number of nitrogens with zero attached hydrogens (tertiary/aromatic N) is 1. The van der Waals surface area contributed by atoms with Crippen LogP contribution in [-0.4, -0.2) is 64.0 Å². The van der Waals surface area contributed by atoms with Crippen molar-refractivity contribution in [1.82, 2.24) is 14.9 Å². The minimum Gasteiger partial charge on any atom is -0.314 e. The van der Waals surface area contributed by atoms with Gasteiger partial charge in [-0.1, -0.05) is 0 Å². The van der Waals surface area contributed by atoms with E-state index in [1.165, 1.54) is 0 Å². The third-order valence-corrected chi connectivity index (χ3v) is 3.91. The molecule has 0 aromatic heterocycles. The summed E-state index contributed by atoms with van der Waals surface area (Å²) in [7, 11) is -3.16. The molecule has 2 aliphatic rings. The normalized spacial score (nSPS) is 36.2. The molecule has 3 atom stereocenters. The van der Waals surface area contributed by atoms with E-state index >= 15 is 0 Å². The predicted octanol–water partition coefficient (Wildman–Crippen LogP) is -1.08. The Morgan fingerprint density at radius 1 is 1.50 bits per heavy atom. The van der Waals surface area contributed by atoms with Gasteiger partial charge < -0.3 is 5.32 Å². The van der Waals surface area contributed by atoms with E-state index in [1.54, 1.807) is 0 Å². The molecular formula is C9H18FN3O2S. The SMILES string of the molecule is CS(=O)(=O)NCC1CNC[C@@H]2C[C@H](F)CN12. The van der Waals surface area contributed by atoms with Gasteiger partial charge in [0.05, 0.1) is 6.26 Å². The van der Waals surface area contributed by atoms with E-state index in [0.717, 1.165) is 12.8 Å². The molecule has 2 rings (SSSR count). The fourth-order valence-electron chi connectivity index (χ4n) is 2.50. The summed E-state index contributed by atoms with van der Waals surface area (Å²) >= 11 is 0. The number of sulfonamides is 1. The van der Waals surface area contributed by atoms with E-state index in [-0.39, 0.29) is 12.1 Å². The zero-order valence-corrected chi connectivity index (χ0v) is 10.1. The molecule has 0 aromatic rings. The van der Waals surface area contributed by atoms with Gasteiger partial charge in [-0.05, 0) is 6.42 Å². The molecule has 0 amide bonds. The maximum atomic E-state index is 13.3. The lowest BCUT2D eigenvalue weighted by molar-refractivity contribution is 0.136. The van der Waals surface area contributed by atoms with Gasteiger partial charge in [-0.2, -0.15) is 0 Å². The molecule has 16 heavy (non-hydrogen) atoms. The van der Waals surface area contributed by atoms with Gasteiger partial charge in [0.15, 0.2) is 0 Å². The first-order valence-electron chi connectivity index (χ1n) is 5.51. The van der Waals surface area contributed by atoms with E-state index < -0.39 is 16.2 Å². The van der Waals surface area contributed by atoms with Crippen molar-refractivity contribution in [2.24, 2.45) is 0 Å². The summed E-state index contributed by atoms with van der Waals surface area (Å²) in [5.41, 5.74) is 0. The summed E-state index contributed by atoms with van der Waals surface area (Å²) in [6, 6.07) is 0.282. The monoisotopic (exact) mass is 251 g/mol. The summed E-state index contributed by atoms with van der Waals surface area (Å²) in [6.07, 6.45) is 0.927. The third kappa shape index (κ3) is 2.91. The third-order valence-electron chi connectivity index (χ3n) is 3.22. The van der Waals surface area contributed by atoms with Crippen LogP contribution in [-0.2, 0) is 10.0 Å². The van der Waals surface area contributed by atoms with Crippen LogP contribution < -0.4 is 10.0 Å². The van der Waals surface area contributed by atoms with Gasteiger partial charge in [-0.25, -0.2) is 17.5 Å². The number of piperazine rings is 1. The Hall–Kier alpha value is -0.240. The van der Waals surface area contributed by atoms with Gasteiger partial charge in [0.1, 0.15) is 6.17 Å². The van der Waals surface area contributed by atoms with Crippen molar-refractivity contribution >= 4 is 10.0 Å². The lowest BCUT2D eigenvalue weighted by atomic mass is 10.1. The van der Waals surface area contributed by atoms with Crippen molar-refractivity contribution in [3.63, 3.8) is 0 Å². The highest BCUT2D eigenvalue weighted by Crippen LogP contribution is 2.24. The summed E-state index contributed by atoms with van der Waals surface area (Å²) in [6.45, 7) is 2.30. The van der Waals surface area contributed by atoms with Crippen LogP contribution in [0.25, 0.3) is 0 Å². The Bertz CT molecular complexity index is 349. The predicted molar refractivity (Wildman–Crippen MR) is 59.5 cm³/mol. The number of rotatable bonds is 3. The average molecular weight is 251 g/mol. The van der Waals surface area contributed by atoms with Crippen molar-refractivity contribution in [3.05, 3.63) is 0 Å². The highest BCUT2D eigenvalue weighted by Gasteiger charge is 2.38. The van der Waals surface area contributed by atoms with Gasteiger partial charge in [-0.3, -0.25) is 4.90 Å². The van der Waals surface area contributed by atoms with Gasteiger partial charge in [0.2, 0.25) is 10.0 Å². The topological polar surface area (TPSA) is 61.4 Å². The van der Waals surface area contributed by atoms with Crippen molar-refractivity contribution in [3.8, 4) is 0 Å². The number of alkyl halides is 1. The zero-order valence-electron chi connectivity index (χ0n) is 9.32. The molecule has 2 heterocycles. The molecule has 2 aliphatic heterocycles. The Kier molecular flexibility index (Phi) is 3.48. The van der Waals surface area contributed by atoms with Gasteiger partial charge in [0, 0.05) is 38.3 Å². The second-order valence-corrected chi connectivity index (χ2v) is 6.45. The first kappa shape index (κ1) is 12.2. The van der Waals surface area contributed by atoms with E-state index in [9.17, 15) is 12.8 Å². The molecule has 0 spiro atoms. The van der Waals surface area contributed by atoms with Gasteiger partial charge in [0.25, 0.3) is 0 Å². The fraction of sp³-hybridized carbons (Fsp3) is 1.00. The van der Waals surface area contributed by atoms with Crippen molar-refractivity contribution in [2.75, 3.05) is 32.4 Å². The van der Waals surface area contributed by atoms with Crippen LogP contribution in [0.1, 0.15) is 6.42 Å². The molecule has 0 aromatic carbocycles. The molecule has 2 N–H and O–H groups in total. The van der Waals surface area contributed by atoms with Crippen molar-refractivity contribution in [2.45, 2.75) is 24.7 Å². The zero-order chi connectivity index (χ0) is 11.8. The maximum absolute atomic E-state index is 13.3. The molecule has 0 radical (unpaired) electrons. The Labute approximate surface area is 95.4 Å². The number of hydrogen-bond acceptors (Lipinski definition) is 4. The van der Waals surface area contributed by atoms with Crippen LogP contribution in [0.4, 0.5) is 4.39 Å². The van der Waals surface area contributed by atoms with E-state index in [1.807, 2.05) is 0 Å². The van der Waals surface area contributed by atoms with Crippen LogP contribution in [0.5, 0.6) is 0 Å². The van der Waals surface area contributed by atoms with Crippen molar-refractivity contribution in [1.29, 1.82) is 0 Å². The molecule has 1 unspecified atom stereocenters. The molecule has 2 fully saturated rings. The summed E-state index contributed by atoms with van der Waals surface area (Å²) in [4.78, 5) is 2.08. The first-order chi connectivity index (χ1) is 7.46. The highest BCUT2D eigenvalue weighted by molar-refractivity contribution is 7.88. The number of nitrogens with one attached hydrogen (secondary N) is 2. The molecule has 0 bridgehead atoms. The standard InChI is InChI=1S/C9H18FN3O2S/c1-16(14,15)12-5-9-4-11-3-8-2-7(10)6-13(8)9/h7-9,11-12H,2-6H2,1H3/t7-,8-,9?/m0/s1. The molecule has 7 heteroatoms. The fourth-order valence-corrected chi connectivity index (χ4v) is 3.00. The largest absolute Gasteiger partial charge is 0.314 e. The van der Waals surface area contributed by atoms with Gasteiger partial charge >= 0.3 is 0 Å². The second kappa shape index (κ2) is 4.56. The summed E-state index contributed by atoms with van der Waals surface area (Å²) in [5, 5.41) is 3.22. The molecule has 0 aliphatic carbocycles. The Morgan fingerprint density at radius 3 is 2.94 bits per heavy atom. The van der Waals surface area contributed by atoms with Crippen LogP contribution in [0.3, 0.4) is 0 Å². The summed E-state index contributed by atoms with van der Waals surface area (Å²) < 4.78 is 37.8. The molecule has 2 saturated heterocycles. The minimum absolute atomic E-state index is 0.0641. The number of halogens is 1. The van der Waals surface area contributed by atoms with E-state index in [2.05, 4.69) is 14.9 Å². The smallest absolute Gasteiger partial charge is 0.208 e. The Balaban J connectivity index is 1.94. The highest BCUT2D eigenvalue weighted by atomic mass is 32.2. The lowest BCUT2D eigenvalue weighted by Gasteiger charge is -2.37. The van der Waals surface area contributed by atoms with Crippen LogP contribution in [0, 0.1) is 0 Å². The van der Waals surface area contributed by atoms with Crippen LogP contribution in [0.2, 0.25) is 0 Å². The van der Waals surface area contributed by atoms with E-state index in [0.29, 0.717) is 26.1 Å². The van der Waals surface area contributed by atoms with E-state index in [4.69, 9.17) is 0 Å². The number of fused-ring (bicyclic) bond motifs is 1. The quantitative estimate of drug-likeness (QED) is 0.670. The average Bonchev–Trinajstić information content (AvgIpc) is 2.54. The van der Waals surface area contributed by atoms with Crippen LogP contribution >= 0.6 is 0 Å². The minimum atomic E-state index is -3.16. The first-order valence-corrected chi connectivity index (χ1v) is 7.40. The van der Waals surface area contributed by atoms with Crippen molar-refractivity contribution < 1.29 is 12.8 Å². The lowest BCUT2D eigenvalue weighted by Crippen LogP contribution is -2.58. The molecule has 94 valence electrons. The molecule has 0 saturated carbocycles. The van der Waals surface area contributed by atoms with Crippen LogP contribution in [0.15, 0.2) is 0 Å². The molecular weight excluding hydrogens is 233 g/mol. The second-order valence-electron chi connectivity index (χ2n) is 4.62. The van der Waals surface area contributed by atoms with Gasteiger partial charge in [-0.15, -0.1) is 0 Å². The molecule has 5 nitrogen and oxygen atoms in total. The Morgan fingerprint density at radius 2 is 2.25 bits per heavy atom. The summed E-state index contributed by atoms with van der Waals surface area (Å²) in [5.74, 6) is 0. The number of hydrogen-bond donors (Lipinski definition) is 2.